The number of hydrogen-bond acceptors (Lipinski definition) is 5. The highest BCUT2D eigenvalue weighted by Crippen LogP contribution is 2.19. The summed E-state index contributed by atoms with van der Waals surface area (Å²) in [6, 6.07) is 7.95. The van der Waals surface area contributed by atoms with Crippen LogP contribution < -0.4 is 5.32 Å². The van der Waals surface area contributed by atoms with Crippen LogP contribution >= 0.6 is 0 Å². The molecule has 0 aliphatic rings. The Balaban J connectivity index is 1.70. The Hall–Kier alpha value is -2.67. The van der Waals surface area contributed by atoms with Gasteiger partial charge in [0.1, 0.15) is 0 Å². The maximum Gasteiger partial charge on any atom is 0.315 e. The molecule has 114 valence electrons. The van der Waals surface area contributed by atoms with Crippen molar-refractivity contribution < 1.29 is 14.4 Å². The molecule has 7 nitrogen and oxygen atoms in total. The summed E-state index contributed by atoms with van der Waals surface area (Å²) in [5.74, 6) is -0.0315. The van der Waals surface area contributed by atoms with Crippen LogP contribution in [0.25, 0.3) is 10.9 Å². The van der Waals surface area contributed by atoms with Gasteiger partial charge in [-0.15, -0.1) is 0 Å². The van der Waals surface area contributed by atoms with Gasteiger partial charge in [-0.3, -0.25) is 4.79 Å². The van der Waals surface area contributed by atoms with Crippen molar-refractivity contribution in [3.63, 3.8) is 0 Å². The molecule has 2 heterocycles. The van der Waals surface area contributed by atoms with Crippen molar-refractivity contribution >= 4 is 16.8 Å². The lowest BCUT2D eigenvalue weighted by Gasteiger charge is -1.98. The molecule has 3 aromatic rings. The van der Waals surface area contributed by atoms with Gasteiger partial charge in [-0.05, 0) is 18.1 Å². The van der Waals surface area contributed by atoms with E-state index >= 15 is 0 Å². The van der Waals surface area contributed by atoms with Crippen molar-refractivity contribution in [2.75, 3.05) is 13.2 Å². The van der Waals surface area contributed by atoms with E-state index in [9.17, 15) is 4.79 Å². The molecule has 0 aliphatic heterocycles. The van der Waals surface area contributed by atoms with Gasteiger partial charge in [0.15, 0.2) is 5.82 Å². The van der Waals surface area contributed by atoms with Gasteiger partial charge >= 0.3 is 11.8 Å². The normalized spacial score (nSPS) is 11.0. The van der Waals surface area contributed by atoms with Gasteiger partial charge in [0.25, 0.3) is 0 Å². The number of benzene rings is 1. The Labute approximate surface area is 126 Å². The van der Waals surface area contributed by atoms with Gasteiger partial charge < -0.3 is 19.9 Å². The van der Waals surface area contributed by atoms with E-state index in [2.05, 4.69) is 20.4 Å². The molecule has 0 atom stereocenters. The topological polar surface area (TPSA) is 104 Å². The first-order valence-corrected chi connectivity index (χ1v) is 7.04. The SMILES string of the molecule is O=C(NCCCO)c1nc(Cc2c[nH]c3ccccc23)no1. The molecule has 1 aromatic carbocycles. The number of carbonyl (C=O) groups excluding carboxylic acids is 1. The molecule has 2 aromatic heterocycles. The molecule has 0 saturated heterocycles. The third-order valence-corrected chi connectivity index (χ3v) is 3.31. The highest BCUT2D eigenvalue weighted by molar-refractivity contribution is 5.89. The zero-order valence-corrected chi connectivity index (χ0v) is 11.9. The third kappa shape index (κ3) is 2.99. The van der Waals surface area contributed by atoms with Crippen LogP contribution in [0.5, 0.6) is 0 Å². The van der Waals surface area contributed by atoms with Crippen LogP contribution in [0.2, 0.25) is 0 Å². The number of H-pyrrole nitrogens is 1. The maximum absolute atomic E-state index is 11.8. The Morgan fingerprint density at radius 1 is 1.36 bits per heavy atom. The Morgan fingerprint density at radius 2 is 2.23 bits per heavy atom. The van der Waals surface area contributed by atoms with Crippen molar-refractivity contribution in [2.24, 2.45) is 0 Å². The standard InChI is InChI=1S/C15H16N4O3/c20-7-3-6-16-14(21)15-18-13(19-22-15)8-10-9-17-12-5-2-1-4-11(10)12/h1-2,4-5,9,17,20H,3,6-8H2,(H,16,21). The molecular formula is C15H16N4O3. The molecule has 0 radical (unpaired) electrons. The lowest BCUT2D eigenvalue weighted by atomic mass is 10.1. The van der Waals surface area contributed by atoms with E-state index in [0.717, 1.165) is 16.5 Å². The first kappa shape index (κ1) is 14.3. The van der Waals surface area contributed by atoms with E-state index in [-0.39, 0.29) is 12.5 Å². The van der Waals surface area contributed by atoms with Crippen molar-refractivity contribution in [1.82, 2.24) is 20.4 Å². The van der Waals surface area contributed by atoms with Crippen molar-refractivity contribution in [3.8, 4) is 0 Å². The van der Waals surface area contributed by atoms with Gasteiger partial charge in [-0.25, -0.2) is 0 Å². The zero-order chi connectivity index (χ0) is 15.4. The van der Waals surface area contributed by atoms with Crippen LogP contribution in [0.3, 0.4) is 0 Å². The molecule has 3 N–H and O–H groups in total. The van der Waals surface area contributed by atoms with Gasteiger partial charge in [0.2, 0.25) is 0 Å². The third-order valence-electron chi connectivity index (χ3n) is 3.31. The largest absolute Gasteiger partial charge is 0.396 e. The number of aromatic nitrogens is 3. The lowest BCUT2D eigenvalue weighted by molar-refractivity contribution is 0.0907. The number of amides is 1. The first-order chi connectivity index (χ1) is 10.8. The molecule has 0 aliphatic carbocycles. The number of para-hydroxylation sites is 1. The van der Waals surface area contributed by atoms with Gasteiger partial charge in [-0.1, -0.05) is 23.4 Å². The maximum atomic E-state index is 11.8. The second-order valence-corrected chi connectivity index (χ2v) is 4.89. The number of hydrogen-bond donors (Lipinski definition) is 3. The fourth-order valence-electron chi connectivity index (χ4n) is 2.22. The Bertz CT molecular complexity index is 778. The summed E-state index contributed by atoms with van der Waals surface area (Å²) in [4.78, 5) is 19.0. The molecule has 0 unspecified atom stereocenters. The number of aromatic amines is 1. The number of rotatable bonds is 6. The molecule has 22 heavy (non-hydrogen) atoms. The second-order valence-electron chi connectivity index (χ2n) is 4.89. The molecule has 0 spiro atoms. The minimum atomic E-state index is -0.425. The molecule has 0 saturated carbocycles. The molecule has 7 heteroatoms. The van der Waals surface area contributed by atoms with E-state index in [0.29, 0.717) is 25.2 Å². The number of nitrogens with zero attached hydrogens (tertiary/aromatic N) is 2. The summed E-state index contributed by atoms with van der Waals surface area (Å²) in [5, 5.41) is 16.2. The molecular weight excluding hydrogens is 284 g/mol. The van der Waals surface area contributed by atoms with Crippen LogP contribution in [0, 0.1) is 0 Å². The number of carbonyl (C=O) groups is 1. The molecule has 0 fully saturated rings. The minimum Gasteiger partial charge on any atom is -0.396 e. The first-order valence-electron chi connectivity index (χ1n) is 7.04. The number of aliphatic hydroxyl groups is 1. The van der Waals surface area contributed by atoms with Crippen LogP contribution in [0.15, 0.2) is 35.0 Å². The molecule has 1 amide bonds. The summed E-state index contributed by atoms with van der Waals surface area (Å²) in [6.07, 6.45) is 2.88. The van der Waals surface area contributed by atoms with Crippen LogP contribution in [-0.2, 0) is 6.42 Å². The highest BCUT2D eigenvalue weighted by Gasteiger charge is 2.15. The van der Waals surface area contributed by atoms with Crippen molar-refractivity contribution in [2.45, 2.75) is 12.8 Å². The van der Waals surface area contributed by atoms with E-state index in [1.807, 2.05) is 30.5 Å². The fraction of sp³-hybridized carbons (Fsp3) is 0.267. The van der Waals surface area contributed by atoms with Crippen molar-refractivity contribution in [3.05, 3.63) is 47.7 Å². The van der Waals surface area contributed by atoms with Crippen molar-refractivity contribution in [1.29, 1.82) is 0 Å². The zero-order valence-electron chi connectivity index (χ0n) is 11.9. The predicted octanol–water partition coefficient (Wildman–Crippen LogP) is 1.25. The highest BCUT2D eigenvalue weighted by atomic mass is 16.5. The number of aliphatic hydroxyl groups excluding tert-OH is 1. The molecule has 3 rings (SSSR count). The summed E-state index contributed by atoms with van der Waals surface area (Å²) < 4.78 is 4.97. The van der Waals surface area contributed by atoms with E-state index in [1.54, 1.807) is 0 Å². The van der Waals surface area contributed by atoms with Crippen LogP contribution in [0.1, 0.15) is 28.5 Å². The van der Waals surface area contributed by atoms with Gasteiger partial charge in [0.05, 0.1) is 0 Å². The van der Waals surface area contributed by atoms with Gasteiger partial charge in [0, 0.05) is 36.7 Å². The minimum absolute atomic E-state index is 0.0237. The smallest absolute Gasteiger partial charge is 0.315 e. The van der Waals surface area contributed by atoms with E-state index in [4.69, 9.17) is 9.63 Å². The average molecular weight is 300 g/mol. The summed E-state index contributed by atoms with van der Waals surface area (Å²) >= 11 is 0. The Kier molecular flexibility index (Phi) is 4.15. The summed E-state index contributed by atoms with van der Waals surface area (Å²) in [6.45, 7) is 0.394. The van der Waals surface area contributed by atoms with E-state index < -0.39 is 5.91 Å². The van der Waals surface area contributed by atoms with Gasteiger partial charge in [-0.2, -0.15) is 4.98 Å². The van der Waals surface area contributed by atoms with Crippen LogP contribution in [-0.4, -0.2) is 39.3 Å². The quantitative estimate of drug-likeness (QED) is 0.594. The summed E-state index contributed by atoms with van der Waals surface area (Å²) in [5.41, 5.74) is 2.09. The lowest BCUT2D eigenvalue weighted by Crippen LogP contribution is -2.25. The monoisotopic (exact) mass is 300 g/mol. The second kappa shape index (κ2) is 6.40. The fourth-order valence-corrected chi connectivity index (χ4v) is 2.22. The molecule has 0 bridgehead atoms. The summed E-state index contributed by atoms with van der Waals surface area (Å²) in [7, 11) is 0. The predicted molar refractivity (Wildman–Crippen MR) is 79.4 cm³/mol. The number of fused-ring (bicyclic) bond motifs is 1. The average Bonchev–Trinajstić information content (AvgIpc) is 3.16. The van der Waals surface area contributed by atoms with Crippen LogP contribution in [0.4, 0.5) is 0 Å². The number of nitrogens with one attached hydrogen (secondary N) is 2. The van der Waals surface area contributed by atoms with E-state index in [1.165, 1.54) is 0 Å². The Morgan fingerprint density at radius 3 is 3.09 bits per heavy atom.